The van der Waals surface area contributed by atoms with Crippen molar-refractivity contribution in [2.24, 2.45) is 5.73 Å². The van der Waals surface area contributed by atoms with Gasteiger partial charge < -0.3 is 10.8 Å². The zero-order chi connectivity index (χ0) is 14.5. The molecule has 0 spiro atoms. The van der Waals surface area contributed by atoms with Crippen LogP contribution in [-0.4, -0.2) is 31.6 Å². The summed E-state index contributed by atoms with van der Waals surface area (Å²) in [6.45, 7) is 1.30. The molecule has 1 aromatic carbocycles. The summed E-state index contributed by atoms with van der Waals surface area (Å²) in [6.07, 6.45) is 0.220. The topological polar surface area (TPSA) is 109 Å². The second kappa shape index (κ2) is 6.46. The van der Waals surface area contributed by atoms with E-state index >= 15 is 0 Å². The first-order chi connectivity index (χ1) is 8.82. The van der Waals surface area contributed by atoms with E-state index in [-0.39, 0.29) is 0 Å². The van der Waals surface area contributed by atoms with Crippen LogP contribution < -0.4 is 10.5 Å². The van der Waals surface area contributed by atoms with Gasteiger partial charge in [0.15, 0.2) is 0 Å². The summed E-state index contributed by atoms with van der Waals surface area (Å²) in [7, 11) is -3.93. The lowest BCUT2D eigenvalue weighted by atomic mass is 10.2. The fourth-order valence-electron chi connectivity index (χ4n) is 1.19. The fourth-order valence-corrected chi connectivity index (χ4v) is 2.01. The molecule has 0 bridgehead atoms. The second-order valence-electron chi connectivity index (χ2n) is 3.99. The molecule has 2 atom stereocenters. The molecule has 7 heteroatoms. The van der Waals surface area contributed by atoms with Gasteiger partial charge in [-0.25, -0.2) is 13.1 Å². The van der Waals surface area contributed by atoms with Crippen molar-refractivity contribution in [2.45, 2.75) is 19.1 Å². The van der Waals surface area contributed by atoms with Gasteiger partial charge in [0.1, 0.15) is 6.04 Å². The van der Waals surface area contributed by atoms with Crippen molar-refractivity contribution in [1.29, 1.82) is 0 Å². The number of benzene rings is 1. The maximum Gasteiger partial charge on any atom is 0.257 e. The van der Waals surface area contributed by atoms with Crippen molar-refractivity contribution in [3.05, 3.63) is 41.3 Å². The van der Waals surface area contributed by atoms with Gasteiger partial charge in [-0.1, -0.05) is 30.3 Å². The van der Waals surface area contributed by atoms with Crippen molar-refractivity contribution in [2.75, 3.05) is 0 Å². The molecule has 0 saturated heterocycles. The molecule has 0 aliphatic rings. The van der Waals surface area contributed by atoms with Crippen LogP contribution in [0.1, 0.15) is 12.5 Å². The number of nitrogens with one attached hydrogen (secondary N) is 1. The van der Waals surface area contributed by atoms with Crippen LogP contribution in [0, 0.1) is 0 Å². The quantitative estimate of drug-likeness (QED) is 0.694. The smallest absolute Gasteiger partial charge is 0.257 e. The number of carbonyl (C=O) groups excluding carboxylic acids is 1. The summed E-state index contributed by atoms with van der Waals surface area (Å²) < 4.78 is 24.9. The fraction of sp³-hybridized carbons (Fsp3) is 0.250. The predicted octanol–water partition coefficient (Wildman–Crippen LogP) is -0.189. The Labute approximate surface area is 112 Å². The van der Waals surface area contributed by atoms with Crippen LogP contribution >= 0.6 is 0 Å². The second-order valence-corrected chi connectivity index (χ2v) is 5.56. The minimum absolute atomic E-state index is 0.681. The van der Waals surface area contributed by atoms with Gasteiger partial charge >= 0.3 is 0 Å². The summed E-state index contributed by atoms with van der Waals surface area (Å²) >= 11 is 0. The van der Waals surface area contributed by atoms with E-state index in [1.807, 2.05) is 0 Å². The van der Waals surface area contributed by atoms with E-state index in [4.69, 9.17) is 10.8 Å². The number of carbonyl (C=O) groups is 1. The summed E-state index contributed by atoms with van der Waals surface area (Å²) in [6, 6.07) is 7.46. The molecule has 0 fully saturated rings. The molecule has 0 aliphatic carbocycles. The summed E-state index contributed by atoms with van der Waals surface area (Å²) in [4.78, 5) is 11.4. The standard InChI is InChI=1S/C12H16N2O4S/c1-9(15)11(13)12(16)14-19(17,18)8-7-10-5-3-2-4-6-10/h2-9,11,15H,13H2,1H3,(H,14,16)/b8-7+/t9-,11+/m1/s1. The van der Waals surface area contributed by atoms with E-state index in [9.17, 15) is 13.2 Å². The Bertz CT molecular complexity index is 552. The van der Waals surface area contributed by atoms with E-state index < -0.39 is 28.1 Å². The highest BCUT2D eigenvalue weighted by Crippen LogP contribution is 2.03. The molecule has 1 aromatic rings. The molecular formula is C12H16N2O4S. The normalized spacial score (nSPS) is 15.1. The summed E-state index contributed by atoms with van der Waals surface area (Å²) in [5, 5.41) is 9.97. The van der Waals surface area contributed by atoms with Crippen molar-refractivity contribution in [3.63, 3.8) is 0 Å². The van der Waals surface area contributed by atoms with Crippen LogP contribution in [0.3, 0.4) is 0 Å². The summed E-state index contributed by atoms with van der Waals surface area (Å²) in [5.41, 5.74) is 6.00. The van der Waals surface area contributed by atoms with E-state index in [0.29, 0.717) is 5.56 Å². The van der Waals surface area contributed by atoms with Crippen LogP contribution in [0.5, 0.6) is 0 Å². The largest absolute Gasteiger partial charge is 0.391 e. The first kappa shape index (κ1) is 15.4. The van der Waals surface area contributed by atoms with Crippen molar-refractivity contribution < 1.29 is 18.3 Å². The number of hydrogen-bond donors (Lipinski definition) is 3. The Morgan fingerprint density at radius 1 is 1.37 bits per heavy atom. The average molecular weight is 284 g/mol. The minimum Gasteiger partial charge on any atom is -0.391 e. The first-order valence-corrected chi connectivity index (χ1v) is 7.10. The Hall–Kier alpha value is -1.70. The number of rotatable bonds is 5. The zero-order valence-corrected chi connectivity index (χ0v) is 11.2. The van der Waals surface area contributed by atoms with Crippen LogP contribution in [0.4, 0.5) is 0 Å². The van der Waals surface area contributed by atoms with Crippen molar-refractivity contribution >= 4 is 22.0 Å². The Kier molecular flexibility index (Phi) is 5.22. The minimum atomic E-state index is -3.93. The number of nitrogens with two attached hydrogens (primary N) is 1. The molecule has 104 valence electrons. The number of hydrogen-bond acceptors (Lipinski definition) is 5. The van der Waals surface area contributed by atoms with Gasteiger partial charge in [-0.2, -0.15) is 0 Å². The van der Waals surface area contributed by atoms with E-state index in [0.717, 1.165) is 5.41 Å². The molecule has 1 rings (SSSR count). The molecule has 0 radical (unpaired) electrons. The van der Waals surface area contributed by atoms with Gasteiger partial charge in [-0.05, 0) is 18.6 Å². The number of sulfonamides is 1. The predicted molar refractivity (Wildman–Crippen MR) is 72.2 cm³/mol. The van der Waals surface area contributed by atoms with Crippen molar-refractivity contribution in [3.8, 4) is 0 Å². The molecule has 0 unspecified atom stereocenters. The van der Waals surface area contributed by atoms with E-state index in [1.165, 1.54) is 13.0 Å². The third kappa shape index (κ3) is 5.21. The molecule has 0 heterocycles. The molecule has 4 N–H and O–H groups in total. The summed E-state index contributed by atoms with van der Waals surface area (Å²) in [5.74, 6) is -0.951. The number of aliphatic hydroxyl groups is 1. The van der Waals surface area contributed by atoms with Crippen molar-refractivity contribution in [1.82, 2.24) is 4.72 Å². The lowest BCUT2D eigenvalue weighted by molar-refractivity contribution is -0.122. The third-order valence-corrected chi connectivity index (χ3v) is 3.28. The highest BCUT2D eigenvalue weighted by Gasteiger charge is 2.22. The van der Waals surface area contributed by atoms with E-state index in [2.05, 4.69) is 0 Å². The van der Waals surface area contributed by atoms with Crippen LogP contribution in [0.15, 0.2) is 35.7 Å². The highest BCUT2D eigenvalue weighted by atomic mass is 32.2. The van der Waals surface area contributed by atoms with Crippen LogP contribution in [0.2, 0.25) is 0 Å². The molecule has 1 amide bonds. The number of amides is 1. The average Bonchev–Trinajstić information content (AvgIpc) is 2.36. The third-order valence-electron chi connectivity index (χ3n) is 2.30. The van der Waals surface area contributed by atoms with Crippen LogP contribution in [-0.2, 0) is 14.8 Å². The Balaban J connectivity index is 2.73. The van der Waals surface area contributed by atoms with Gasteiger partial charge in [0.05, 0.1) is 11.5 Å². The molecular weight excluding hydrogens is 268 g/mol. The molecule has 0 aromatic heterocycles. The van der Waals surface area contributed by atoms with Gasteiger partial charge in [0.25, 0.3) is 15.9 Å². The SMILES string of the molecule is C[C@@H](O)[C@H](N)C(=O)NS(=O)(=O)/C=C/c1ccccc1. The van der Waals surface area contributed by atoms with E-state index in [1.54, 1.807) is 35.1 Å². The number of aliphatic hydroxyl groups excluding tert-OH is 1. The van der Waals surface area contributed by atoms with Crippen LogP contribution in [0.25, 0.3) is 6.08 Å². The lowest BCUT2D eigenvalue weighted by Crippen LogP contribution is -2.48. The maximum absolute atomic E-state index is 11.6. The lowest BCUT2D eigenvalue weighted by Gasteiger charge is -2.13. The maximum atomic E-state index is 11.6. The van der Waals surface area contributed by atoms with Gasteiger partial charge in [0.2, 0.25) is 0 Å². The highest BCUT2D eigenvalue weighted by molar-refractivity contribution is 7.93. The molecule has 19 heavy (non-hydrogen) atoms. The Morgan fingerprint density at radius 3 is 2.47 bits per heavy atom. The first-order valence-electron chi connectivity index (χ1n) is 5.55. The molecule has 0 aliphatic heterocycles. The van der Waals surface area contributed by atoms with Gasteiger partial charge in [-0.3, -0.25) is 4.79 Å². The monoisotopic (exact) mass is 284 g/mol. The van der Waals surface area contributed by atoms with Gasteiger partial charge in [-0.15, -0.1) is 0 Å². The van der Waals surface area contributed by atoms with Gasteiger partial charge in [0, 0.05) is 0 Å². The molecule has 0 saturated carbocycles. The molecule has 6 nitrogen and oxygen atoms in total. The zero-order valence-electron chi connectivity index (χ0n) is 10.4. The Morgan fingerprint density at radius 2 is 1.95 bits per heavy atom.